The maximum absolute atomic E-state index is 12.3. The zero-order valence-corrected chi connectivity index (χ0v) is 12.8. The molecule has 0 saturated heterocycles. The van der Waals surface area contributed by atoms with Crippen molar-refractivity contribution in [2.45, 2.75) is 32.6 Å². The van der Waals surface area contributed by atoms with Crippen LogP contribution in [-0.4, -0.2) is 20.2 Å². The minimum absolute atomic E-state index is 0.187. The molecule has 0 bridgehead atoms. The molecule has 0 heterocycles. The molecule has 0 radical (unpaired) electrons. The number of carbonyl (C=O) groups is 1. The first-order chi connectivity index (χ1) is 9.39. The van der Waals surface area contributed by atoms with Crippen LogP contribution in [-0.2, 0) is 14.9 Å². The molecule has 2 rings (SSSR count). The highest BCUT2D eigenvalue weighted by molar-refractivity contribution is 5.81. The molecular formula is C17H22O3. The molecule has 0 aromatic heterocycles. The fraction of sp³-hybridized carbons (Fsp3) is 0.471. The Hall–Kier alpha value is -1.77. The van der Waals surface area contributed by atoms with Crippen molar-refractivity contribution in [3.05, 3.63) is 41.5 Å². The lowest BCUT2D eigenvalue weighted by molar-refractivity contribution is -0.154. The molecular weight excluding hydrogens is 252 g/mol. The lowest BCUT2D eigenvalue weighted by atomic mass is 9.63. The lowest BCUT2D eigenvalue weighted by Crippen LogP contribution is -2.44. The Balaban J connectivity index is 2.62. The first kappa shape index (κ1) is 14.6. The Morgan fingerprint density at radius 3 is 2.55 bits per heavy atom. The molecule has 1 aromatic rings. The van der Waals surface area contributed by atoms with Crippen molar-refractivity contribution >= 4 is 5.97 Å². The van der Waals surface area contributed by atoms with E-state index in [-0.39, 0.29) is 5.97 Å². The molecule has 108 valence electrons. The van der Waals surface area contributed by atoms with E-state index in [4.69, 9.17) is 9.47 Å². The highest BCUT2D eigenvalue weighted by Crippen LogP contribution is 2.53. The van der Waals surface area contributed by atoms with Crippen molar-refractivity contribution in [2.75, 3.05) is 14.2 Å². The summed E-state index contributed by atoms with van der Waals surface area (Å²) in [4.78, 5) is 12.3. The fourth-order valence-electron chi connectivity index (χ4n) is 3.06. The minimum Gasteiger partial charge on any atom is -0.496 e. The average molecular weight is 274 g/mol. The number of hydrogen-bond donors (Lipinski definition) is 0. The predicted molar refractivity (Wildman–Crippen MR) is 79.0 cm³/mol. The number of benzene rings is 1. The number of esters is 1. The Bertz CT molecular complexity index is 561. The molecule has 0 spiro atoms. The van der Waals surface area contributed by atoms with E-state index < -0.39 is 10.8 Å². The second-order valence-corrected chi connectivity index (χ2v) is 5.84. The summed E-state index contributed by atoms with van der Waals surface area (Å²) < 4.78 is 10.5. The Morgan fingerprint density at radius 2 is 1.95 bits per heavy atom. The van der Waals surface area contributed by atoms with Gasteiger partial charge in [-0.3, -0.25) is 4.79 Å². The molecule has 1 aliphatic carbocycles. The van der Waals surface area contributed by atoms with Crippen molar-refractivity contribution in [3.63, 3.8) is 0 Å². The molecule has 1 aliphatic rings. The van der Waals surface area contributed by atoms with E-state index in [1.165, 1.54) is 7.11 Å². The molecule has 0 saturated carbocycles. The third-order valence-electron chi connectivity index (χ3n) is 4.67. The number of aryl methyl sites for hydroxylation is 1. The molecule has 3 nitrogen and oxygen atoms in total. The number of allylic oxidation sites excluding steroid dienone is 2. The van der Waals surface area contributed by atoms with Crippen molar-refractivity contribution in [1.29, 1.82) is 0 Å². The van der Waals surface area contributed by atoms with Crippen molar-refractivity contribution in [3.8, 4) is 5.75 Å². The molecule has 0 unspecified atom stereocenters. The van der Waals surface area contributed by atoms with Crippen LogP contribution in [0.25, 0.3) is 0 Å². The maximum atomic E-state index is 12.3. The van der Waals surface area contributed by atoms with Gasteiger partial charge >= 0.3 is 5.97 Å². The van der Waals surface area contributed by atoms with E-state index in [0.29, 0.717) is 6.42 Å². The van der Waals surface area contributed by atoms with Gasteiger partial charge in [0.1, 0.15) is 5.75 Å². The average Bonchev–Trinajstić information content (AvgIpc) is 2.76. The third-order valence-corrected chi connectivity index (χ3v) is 4.67. The second kappa shape index (κ2) is 4.97. The summed E-state index contributed by atoms with van der Waals surface area (Å²) >= 11 is 0. The van der Waals surface area contributed by atoms with E-state index >= 15 is 0 Å². The first-order valence-corrected chi connectivity index (χ1v) is 6.80. The second-order valence-electron chi connectivity index (χ2n) is 5.84. The van der Waals surface area contributed by atoms with E-state index in [1.807, 2.05) is 26.0 Å². The summed E-state index contributed by atoms with van der Waals surface area (Å²) in [5.41, 5.74) is 1.14. The fourth-order valence-corrected chi connectivity index (χ4v) is 3.06. The zero-order valence-electron chi connectivity index (χ0n) is 12.8. The van der Waals surface area contributed by atoms with Crippen LogP contribution in [0, 0.1) is 12.3 Å². The number of methoxy groups -OCH3 is 2. The van der Waals surface area contributed by atoms with Crippen molar-refractivity contribution < 1.29 is 14.3 Å². The summed E-state index contributed by atoms with van der Waals surface area (Å²) in [6.07, 6.45) is 4.83. The summed E-state index contributed by atoms with van der Waals surface area (Å²) in [6, 6.07) is 6.06. The Kier molecular flexibility index (Phi) is 3.63. The summed E-state index contributed by atoms with van der Waals surface area (Å²) in [5.74, 6) is 0.619. The number of hydrogen-bond acceptors (Lipinski definition) is 3. The zero-order chi connectivity index (χ0) is 15.0. The Labute approximate surface area is 120 Å². The van der Waals surface area contributed by atoms with Crippen molar-refractivity contribution in [1.82, 2.24) is 0 Å². The van der Waals surface area contributed by atoms with E-state index in [9.17, 15) is 4.79 Å². The highest BCUT2D eigenvalue weighted by atomic mass is 16.5. The van der Waals surface area contributed by atoms with E-state index in [0.717, 1.165) is 16.9 Å². The van der Waals surface area contributed by atoms with Crippen LogP contribution in [0.2, 0.25) is 0 Å². The molecule has 3 heteroatoms. The molecule has 0 fully saturated rings. The number of carbonyl (C=O) groups excluding carboxylic acids is 1. The lowest BCUT2D eigenvalue weighted by Gasteiger charge is -2.39. The van der Waals surface area contributed by atoms with Crippen molar-refractivity contribution in [2.24, 2.45) is 5.41 Å². The van der Waals surface area contributed by atoms with Crippen LogP contribution in [0.15, 0.2) is 30.4 Å². The van der Waals surface area contributed by atoms with Crippen LogP contribution < -0.4 is 4.74 Å². The first-order valence-electron chi connectivity index (χ1n) is 6.80. The predicted octanol–water partition coefficient (Wildman–Crippen LogP) is 3.40. The van der Waals surface area contributed by atoms with Gasteiger partial charge in [0.05, 0.1) is 19.6 Å². The molecule has 20 heavy (non-hydrogen) atoms. The van der Waals surface area contributed by atoms with Crippen LogP contribution in [0.4, 0.5) is 0 Å². The van der Waals surface area contributed by atoms with Gasteiger partial charge in [-0.05, 0) is 26.3 Å². The van der Waals surface area contributed by atoms with Gasteiger partial charge in [0.2, 0.25) is 0 Å². The van der Waals surface area contributed by atoms with Crippen LogP contribution in [0.3, 0.4) is 0 Å². The van der Waals surface area contributed by atoms with Crippen LogP contribution >= 0.6 is 0 Å². The number of ether oxygens (including phenoxy) is 2. The SMILES string of the molecule is COC(=O)[C@@]1(C)CC=C[C@@]1(C)c1cc(C)ccc1OC. The van der Waals surface area contributed by atoms with Gasteiger partial charge in [0.25, 0.3) is 0 Å². The summed E-state index contributed by atoms with van der Waals surface area (Å²) in [6.45, 7) is 6.08. The van der Waals surface area contributed by atoms with Crippen LogP contribution in [0.1, 0.15) is 31.4 Å². The molecule has 0 N–H and O–H groups in total. The minimum atomic E-state index is -0.608. The molecule has 1 aromatic carbocycles. The summed E-state index contributed by atoms with van der Waals surface area (Å²) in [7, 11) is 3.10. The Morgan fingerprint density at radius 1 is 1.25 bits per heavy atom. The van der Waals surface area contributed by atoms with Gasteiger partial charge in [-0.1, -0.05) is 36.8 Å². The topological polar surface area (TPSA) is 35.5 Å². The molecule has 0 amide bonds. The quantitative estimate of drug-likeness (QED) is 0.626. The molecule has 0 aliphatic heterocycles. The molecule has 2 atom stereocenters. The number of rotatable bonds is 3. The standard InChI is InChI=1S/C17H22O3/c1-12-7-8-14(19-4)13(11-12)16(2)9-6-10-17(16,3)15(18)20-5/h6-9,11H,10H2,1-5H3/t16-,17+/m0/s1. The van der Waals surface area contributed by atoms with Gasteiger partial charge in [0.15, 0.2) is 0 Å². The van der Waals surface area contributed by atoms with Crippen LogP contribution in [0.5, 0.6) is 5.75 Å². The third kappa shape index (κ3) is 1.92. The van der Waals surface area contributed by atoms with Gasteiger partial charge in [-0.2, -0.15) is 0 Å². The monoisotopic (exact) mass is 274 g/mol. The maximum Gasteiger partial charge on any atom is 0.313 e. The van der Waals surface area contributed by atoms with E-state index in [2.05, 4.69) is 25.1 Å². The van der Waals surface area contributed by atoms with Gasteiger partial charge < -0.3 is 9.47 Å². The van der Waals surface area contributed by atoms with Gasteiger partial charge in [-0.25, -0.2) is 0 Å². The summed E-state index contributed by atoms with van der Waals surface area (Å²) in [5, 5.41) is 0. The normalized spacial score (nSPS) is 28.4. The van der Waals surface area contributed by atoms with Gasteiger partial charge in [-0.15, -0.1) is 0 Å². The highest BCUT2D eigenvalue weighted by Gasteiger charge is 2.53. The van der Waals surface area contributed by atoms with Gasteiger partial charge in [0, 0.05) is 11.0 Å². The smallest absolute Gasteiger partial charge is 0.313 e. The largest absolute Gasteiger partial charge is 0.496 e. The van der Waals surface area contributed by atoms with E-state index in [1.54, 1.807) is 7.11 Å².